The van der Waals surface area contributed by atoms with Gasteiger partial charge < -0.3 is 29.9 Å². The van der Waals surface area contributed by atoms with Gasteiger partial charge in [0.2, 0.25) is 0 Å². The van der Waals surface area contributed by atoms with Crippen molar-refractivity contribution < 1.29 is 39.5 Å². The van der Waals surface area contributed by atoms with Crippen molar-refractivity contribution in [3.8, 4) is 0 Å². The van der Waals surface area contributed by atoms with Crippen LogP contribution in [-0.4, -0.2) is 67.5 Å². The van der Waals surface area contributed by atoms with Crippen molar-refractivity contribution in [3.05, 3.63) is 23.3 Å². The normalized spacial score (nSPS) is 47.1. The van der Waals surface area contributed by atoms with Gasteiger partial charge in [0, 0.05) is 18.4 Å². The SMILES string of the molecule is C/C=C(\C)C(=O)O[C@@H]1C[C@@H]2[C@@]3(C)CC[C@H](O)CC3=CC[C@@]2(O)[C@@]2(O)CC[C@@](O)([C@H](C)OC(C)=O)[C@@]12C. The Kier molecular flexibility index (Phi) is 6.56. The van der Waals surface area contributed by atoms with Crippen LogP contribution in [0.2, 0.25) is 0 Å². The van der Waals surface area contributed by atoms with Crippen LogP contribution < -0.4 is 0 Å². The van der Waals surface area contributed by atoms with Crippen LogP contribution in [0.3, 0.4) is 0 Å². The van der Waals surface area contributed by atoms with E-state index < -0.39 is 63.8 Å². The van der Waals surface area contributed by atoms with Crippen molar-refractivity contribution in [2.45, 2.75) is 122 Å². The molecule has 0 saturated heterocycles. The summed E-state index contributed by atoms with van der Waals surface area (Å²) >= 11 is 0. The van der Waals surface area contributed by atoms with Crippen LogP contribution in [0.1, 0.15) is 86.5 Å². The summed E-state index contributed by atoms with van der Waals surface area (Å²) in [5, 5.41) is 47.4. The largest absolute Gasteiger partial charge is 0.460 e. The van der Waals surface area contributed by atoms with E-state index in [-0.39, 0.29) is 25.7 Å². The van der Waals surface area contributed by atoms with Crippen molar-refractivity contribution in [2.24, 2.45) is 16.7 Å². The summed E-state index contributed by atoms with van der Waals surface area (Å²) in [6, 6.07) is 0. The van der Waals surface area contributed by atoms with Gasteiger partial charge in [-0.15, -0.1) is 0 Å². The maximum atomic E-state index is 13.0. The van der Waals surface area contributed by atoms with Crippen LogP contribution in [-0.2, 0) is 19.1 Å². The Bertz CT molecular complexity index is 1000. The molecule has 0 unspecified atom stereocenters. The summed E-state index contributed by atoms with van der Waals surface area (Å²) in [6.07, 6.45) is 3.39. The molecule has 4 N–H and O–H groups in total. The lowest BCUT2D eigenvalue weighted by atomic mass is 9.42. The lowest BCUT2D eigenvalue weighted by Gasteiger charge is -2.67. The van der Waals surface area contributed by atoms with Crippen LogP contribution in [0, 0.1) is 16.7 Å². The Hall–Kier alpha value is -1.74. The number of allylic oxidation sites excluding steroid dienone is 1. The van der Waals surface area contributed by atoms with E-state index in [1.54, 1.807) is 33.8 Å². The summed E-state index contributed by atoms with van der Waals surface area (Å²) < 4.78 is 11.5. The highest BCUT2D eigenvalue weighted by Gasteiger charge is 2.81. The molecule has 0 aromatic rings. The van der Waals surface area contributed by atoms with Gasteiger partial charge in [0.05, 0.1) is 11.5 Å². The van der Waals surface area contributed by atoms with Crippen LogP contribution in [0.5, 0.6) is 0 Å². The van der Waals surface area contributed by atoms with Gasteiger partial charge in [0.1, 0.15) is 29.0 Å². The minimum Gasteiger partial charge on any atom is -0.460 e. The molecule has 8 nitrogen and oxygen atoms in total. The molecule has 0 heterocycles. The number of fused-ring (bicyclic) bond motifs is 5. The molecule has 0 radical (unpaired) electrons. The zero-order chi connectivity index (χ0) is 26.9. The van der Waals surface area contributed by atoms with Gasteiger partial charge in [-0.3, -0.25) is 4.79 Å². The number of rotatable bonds is 4. The molecule has 0 amide bonds. The molecular formula is C28H42O8. The van der Waals surface area contributed by atoms with E-state index in [4.69, 9.17) is 9.47 Å². The Morgan fingerprint density at radius 2 is 1.81 bits per heavy atom. The number of hydrogen-bond acceptors (Lipinski definition) is 8. The van der Waals surface area contributed by atoms with Crippen molar-refractivity contribution in [1.82, 2.24) is 0 Å². The van der Waals surface area contributed by atoms with E-state index in [0.717, 1.165) is 5.57 Å². The minimum atomic E-state index is -1.83. The smallest absolute Gasteiger partial charge is 0.333 e. The number of ether oxygens (including phenoxy) is 2. The highest BCUT2D eigenvalue weighted by molar-refractivity contribution is 5.87. The number of aliphatic hydroxyl groups excluding tert-OH is 1. The van der Waals surface area contributed by atoms with Gasteiger partial charge in [-0.05, 0) is 71.1 Å². The van der Waals surface area contributed by atoms with Crippen molar-refractivity contribution in [2.75, 3.05) is 0 Å². The van der Waals surface area contributed by atoms with E-state index in [0.29, 0.717) is 24.8 Å². The first-order valence-corrected chi connectivity index (χ1v) is 13.2. The lowest BCUT2D eigenvalue weighted by Crippen LogP contribution is -2.78. The summed E-state index contributed by atoms with van der Waals surface area (Å²) in [7, 11) is 0. The molecule has 4 aliphatic carbocycles. The predicted octanol–water partition coefficient (Wildman–Crippen LogP) is 2.71. The minimum absolute atomic E-state index is 0.0527. The Morgan fingerprint density at radius 3 is 2.42 bits per heavy atom. The van der Waals surface area contributed by atoms with Crippen LogP contribution in [0.15, 0.2) is 23.3 Å². The molecule has 0 bridgehead atoms. The predicted molar refractivity (Wildman–Crippen MR) is 132 cm³/mol. The molecule has 0 aromatic carbocycles. The topological polar surface area (TPSA) is 134 Å². The van der Waals surface area contributed by atoms with Gasteiger partial charge in [0.15, 0.2) is 0 Å². The monoisotopic (exact) mass is 506 g/mol. The molecule has 36 heavy (non-hydrogen) atoms. The van der Waals surface area contributed by atoms with Crippen LogP contribution >= 0.6 is 0 Å². The van der Waals surface area contributed by atoms with E-state index in [2.05, 4.69) is 6.92 Å². The maximum Gasteiger partial charge on any atom is 0.333 e. The van der Waals surface area contributed by atoms with Crippen molar-refractivity contribution in [1.29, 1.82) is 0 Å². The molecule has 3 fully saturated rings. The molecule has 8 heteroatoms. The number of carbonyl (C=O) groups is 2. The Labute approximate surface area is 213 Å². The van der Waals surface area contributed by atoms with Gasteiger partial charge >= 0.3 is 11.9 Å². The first-order chi connectivity index (χ1) is 16.6. The molecule has 4 rings (SSSR count). The molecule has 0 spiro atoms. The third-order valence-corrected chi connectivity index (χ3v) is 10.6. The van der Waals surface area contributed by atoms with Crippen molar-refractivity contribution >= 4 is 11.9 Å². The Morgan fingerprint density at radius 1 is 1.14 bits per heavy atom. The second-order valence-electron chi connectivity index (χ2n) is 12.1. The average molecular weight is 507 g/mol. The maximum absolute atomic E-state index is 13.0. The second-order valence-corrected chi connectivity index (χ2v) is 12.1. The molecule has 0 aliphatic heterocycles. The third kappa shape index (κ3) is 3.40. The van der Waals surface area contributed by atoms with Gasteiger partial charge in [-0.1, -0.05) is 31.6 Å². The lowest BCUT2D eigenvalue weighted by molar-refractivity contribution is -0.326. The molecule has 4 aliphatic rings. The molecule has 0 aromatic heterocycles. The van der Waals surface area contributed by atoms with E-state index in [1.807, 2.05) is 6.08 Å². The van der Waals surface area contributed by atoms with Gasteiger partial charge in [0.25, 0.3) is 0 Å². The quantitative estimate of drug-likeness (QED) is 0.260. The van der Waals surface area contributed by atoms with Gasteiger partial charge in [-0.25, -0.2) is 4.79 Å². The fourth-order valence-corrected chi connectivity index (χ4v) is 8.18. The van der Waals surface area contributed by atoms with E-state index in [1.165, 1.54) is 6.92 Å². The number of carbonyl (C=O) groups excluding carboxylic acids is 2. The first kappa shape index (κ1) is 27.3. The van der Waals surface area contributed by atoms with Crippen molar-refractivity contribution in [3.63, 3.8) is 0 Å². The number of aliphatic hydroxyl groups is 4. The third-order valence-electron chi connectivity index (χ3n) is 10.6. The van der Waals surface area contributed by atoms with E-state index >= 15 is 0 Å². The van der Waals surface area contributed by atoms with Crippen LogP contribution in [0.4, 0.5) is 0 Å². The molecule has 3 saturated carbocycles. The van der Waals surface area contributed by atoms with E-state index in [9.17, 15) is 30.0 Å². The second kappa shape index (κ2) is 8.65. The highest BCUT2D eigenvalue weighted by atomic mass is 16.6. The standard InChI is InChI=1S/C28H42O8/c1-7-16(2)23(31)36-22-15-21-24(5)10-9-20(30)14-19(24)8-11-27(21,33)28(34)13-12-26(32,25(22,28)6)17(3)35-18(4)29/h7-8,17,20-22,30,32-34H,9-15H2,1-6H3/b16-7+/t17-,20-,21+,22+,24-,25+,26+,27-,28+/m0/s1. The fraction of sp³-hybridized carbons (Fsp3) is 0.786. The summed E-state index contributed by atoms with van der Waals surface area (Å²) in [5.41, 5.74) is -5.78. The zero-order valence-corrected chi connectivity index (χ0v) is 22.3. The van der Waals surface area contributed by atoms with Gasteiger partial charge in [-0.2, -0.15) is 0 Å². The first-order valence-electron chi connectivity index (χ1n) is 13.2. The number of esters is 2. The van der Waals surface area contributed by atoms with Crippen LogP contribution in [0.25, 0.3) is 0 Å². The summed E-state index contributed by atoms with van der Waals surface area (Å²) in [5.74, 6) is -1.59. The molecule has 9 atom stereocenters. The average Bonchev–Trinajstić information content (AvgIpc) is 3.04. The summed E-state index contributed by atoms with van der Waals surface area (Å²) in [6.45, 7) is 9.92. The molecular weight excluding hydrogens is 464 g/mol. The zero-order valence-electron chi connectivity index (χ0n) is 22.3. The highest BCUT2D eigenvalue weighted by Crippen LogP contribution is 2.71. The number of hydrogen-bond donors (Lipinski definition) is 4. The summed E-state index contributed by atoms with van der Waals surface area (Å²) in [4.78, 5) is 24.9. The fourth-order valence-electron chi connectivity index (χ4n) is 8.18. The molecule has 202 valence electrons. The Balaban J connectivity index is 1.88.